The van der Waals surface area contributed by atoms with Crippen molar-refractivity contribution in [3.05, 3.63) is 47.8 Å². The predicted molar refractivity (Wildman–Crippen MR) is 97.2 cm³/mol. The van der Waals surface area contributed by atoms with Crippen molar-refractivity contribution in [3.8, 4) is 5.75 Å². The summed E-state index contributed by atoms with van der Waals surface area (Å²) in [6.07, 6.45) is 2.17. The van der Waals surface area contributed by atoms with E-state index in [9.17, 15) is 4.55 Å². The number of benzene rings is 1. The van der Waals surface area contributed by atoms with Crippen molar-refractivity contribution in [2.75, 3.05) is 20.3 Å². The molecular weight excluding hydrogens is 338 g/mol. The molecule has 3 aromatic rings. The molecule has 1 unspecified atom stereocenters. The second-order valence-electron chi connectivity index (χ2n) is 5.41. The van der Waals surface area contributed by atoms with Gasteiger partial charge >= 0.3 is 5.16 Å². The summed E-state index contributed by atoms with van der Waals surface area (Å²) in [6.45, 7) is 2.73. The van der Waals surface area contributed by atoms with Crippen LogP contribution in [-0.2, 0) is 21.6 Å². The third-order valence-corrected chi connectivity index (χ3v) is 4.56. The number of para-hydroxylation sites is 2. The number of imidazole rings is 1. The lowest BCUT2D eigenvalue weighted by molar-refractivity contribution is 0.172. The molecule has 6 nitrogen and oxygen atoms in total. The summed E-state index contributed by atoms with van der Waals surface area (Å²) in [5.74, 6) is 0.515. The first-order chi connectivity index (χ1) is 12.9. The van der Waals surface area contributed by atoms with Gasteiger partial charge in [0.15, 0.2) is 5.70 Å². The number of nitrogens with zero attached hydrogens (tertiary/aromatic N) is 2. The standard InChI is InChI=1S/C18H21N3O3S/c1-13-16(19-9-8-17(13)24-11-5-10-23-2)12-25(22)18-20-14-6-3-4-7-15(14)21-18/h3-4,6-9H,5,10-12H2,1-2H3,(H,20,21)/i12D2. The molecule has 2 aromatic heterocycles. The maximum atomic E-state index is 12.9. The van der Waals surface area contributed by atoms with Gasteiger partial charge in [-0.15, -0.1) is 0 Å². The number of H-pyrrole nitrogens is 1. The fourth-order valence-electron chi connectivity index (χ4n) is 2.32. The summed E-state index contributed by atoms with van der Waals surface area (Å²) in [6, 6.07) is 8.90. The molecule has 3 rings (SSSR count). The second kappa shape index (κ2) is 8.33. The summed E-state index contributed by atoms with van der Waals surface area (Å²) < 4.78 is 40.5. The highest BCUT2D eigenvalue weighted by Gasteiger charge is 2.20. The highest BCUT2D eigenvalue weighted by atomic mass is 32.2. The van der Waals surface area contributed by atoms with Crippen LogP contribution in [0.15, 0.2) is 41.7 Å². The largest absolute Gasteiger partial charge is 0.609 e. The summed E-state index contributed by atoms with van der Waals surface area (Å²) in [4.78, 5) is 11.3. The average Bonchev–Trinajstić information content (AvgIpc) is 3.09. The first-order valence-electron chi connectivity index (χ1n) is 8.89. The van der Waals surface area contributed by atoms with E-state index < -0.39 is 16.9 Å². The van der Waals surface area contributed by atoms with Crippen LogP contribution in [0.1, 0.15) is 20.4 Å². The highest BCUT2D eigenvalue weighted by Crippen LogP contribution is 2.24. The normalized spacial score (nSPS) is 14.2. The van der Waals surface area contributed by atoms with Gasteiger partial charge in [-0.05, 0) is 25.1 Å². The van der Waals surface area contributed by atoms with Crippen LogP contribution in [0.3, 0.4) is 0 Å². The zero-order valence-corrected chi connectivity index (χ0v) is 14.9. The Kier molecular flexibility index (Phi) is 5.06. The number of hydrogen-bond acceptors (Lipinski definition) is 5. The van der Waals surface area contributed by atoms with E-state index >= 15 is 0 Å². The molecule has 0 spiro atoms. The molecule has 0 bridgehead atoms. The Morgan fingerprint density at radius 3 is 2.92 bits per heavy atom. The number of aromatic amines is 1. The van der Waals surface area contributed by atoms with Gasteiger partial charge in [-0.25, -0.2) is 0 Å². The molecule has 0 radical (unpaired) electrons. The van der Waals surface area contributed by atoms with E-state index in [0.29, 0.717) is 42.0 Å². The molecule has 0 aliphatic rings. The highest BCUT2D eigenvalue weighted by molar-refractivity contribution is 7.90. The van der Waals surface area contributed by atoms with E-state index in [2.05, 4.69) is 15.0 Å². The molecule has 0 fully saturated rings. The second-order valence-corrected chi connectivity index (χ2v) is 6.54. The van der Waals surface area contributed by atoms with E-state index in [4.69, 9.17) is 12.2 Å². The maximum Gasteiger partial charge on any atom is 0.322 e. The fourth-order valence-corrected chi connectivity index (χ4v) is 3.18. The SMILES string of the molecule is [2H]C([2H])(c1nccc(OCCCOC)c1C)[S+]([O-])c1nc2ccccc2[nH]1. The summed E-state index contributed by atoms with van der Waals surface area (Å²) in [5.41, 5.74) is -0.299. The minimum absolute atomic E-state index is 0.0746. The first-order valence-corrected chi connectivity index (χ1v) is 9.04. The van der Waals surface area contributed by atoms with Crippen LogP contribution in [0.25, 0.3) is 11.0 Å². The first kappa shape index (κ1) is 15.2. The monoisotopic (exact) mass is 361 g/mol. The average molecular weight is 361 g/mol. The summed E-state index contributed by atoms with van der Waals surface area (Å²) in [5, 5.41) is 0.0776. The van der Waals surface area contributed by atoms with Crippen LogP contribution < -0.4 is 4.74 Å². The van der Waals surface area contributed by atoms with E-state index in [1.165, 1.54) is 6.20 Å². The molecular formula is C18H21N3O3S. The Morgan fingerprint density at radius 2 is 2.12 bits per heavy atom. The third-order valence-electron chi connectivity index (χ3n) is 3.64. The van der Waals surface area contributed by atoms with Crippen LogP contribution >= 0.6 is 0 Å². The third kappa shape index (κ3) is 4.31. The number of fused-ring (bicyclic) bond motifs is 1. The van der Waals surface area contributed by atoms with Crippen molar-refractivity contribution in [2.45, 2.75) is 24.2 Å². The van der Waals surface area contributed by atoms with Gasteiger partial charge in [0.25, 0.3) is 0 Å². The molecule has 0 saturated carbocycles. The van der Waals surface area contributed by atoms with Crippen molar-refractivity contribution < 1.29 is 16.8 Å². The fraction of sp³-hybridized carbons (Fsp3) is 0.333. The summed E-state index contributed by atoms with van der Waals surface area (Å²) >= 11 is -2.08. The molecule has 2 heterocycles. The molecule has 0 amide bonds. The Balaban J connectivity index is 1.86. The lowest BCUT2D eigenvalue weighted by Gasteiger charge is -2.12. The quantitative estimate of drug-likeness (QED) is 0.493. The maximum absolute atomic E-state index is 12.9. The van der Waals surface area contributed by atoms with E-state index in [1.807, 2.05) is 12.1 Å². The molecule has 132 valence electrons. The van der Waals surface area contributed by atoms with Gasteiger partial charge in [-0.3, -0.25) is 9.97 Å². The number of methoxy groups -OCH3 is 1. The lowest BCUT2D eigenvalue weighted by Crippen LogP contribution is -2.10. The number of aromatic nitrogens is 3. The van der Waals surface area contributed by atoms with Gasteiger partial charge in [0, 0.05) is 43.1 Å². The minimum Gasteiger partial charge on any atom is -0.609 e. The predicted octanol–water partition coefficient (Wildman–Crippen LogP) is 2.99. The van der Waals surface area contributed by atoms with E-state index in [-0.39, 0.29) is 10.9 Å². The van der Waals surface area contributed by atoms with E-state index in [0.717, 1.165) is 0 Å². The Bertz CT molecular complexity index is 887. The zero-order valence-electron chi connectivity index (χ0n) is 16.1. The van der Waals surface area contributed by atoms with Crippen molar-refractivity contribution in [1.82, 2.24) is 15.0 Å². The van der Waals surface area contributed by atoms with Crippen molar-refractivity contribution >= 4 is 22.2 Å². The molecule has 1 atom stereocenters. The molecule has 0 aliphatic heterocycles. The van der Waals surface area contributed by atoms with Crippen LogP contribution in [0.2, 0.25) is 0 Å². The number of hydrogen-bond donors (Lipinski definition) is 1. The Labute approximate surface area is 152 Å². The van der Waals surface area contributed by atoms with Crippen molar-refractivity contribution in [3.63, 3.8) is 0 Å². The number of rotatable bonds is 8. The zero-order chi connectivity index (χ0) is 19.4. The smallest absolute Gasteiger partial charge is 0.322 e. The number of pyridine rings is 1. The van der Waals surface area contributed by atoms with Crippen LogP contribution in [0.5, 0.6) is 5.75 Å². The molecule has 0 saturated heterocycles. The van der Waals surface area contributed by atoms with Gasteiger partial charge in [0.1, 0.15) is 5.75 Å². The number of nitrogens with one attached hydrogen (secondary N) is 1. The molecule has 1 N–H and O–H groups in total. The van der Waals surface area contributed by atoms with Gasteiger partial charge in [0.05, 0.1) is 26.1 Å². The topological polar surface area (TPSA) is 83.1 Å². The lowest BCUT2D eigenvalue weighted by atomic mass is 10.2. The Morgan fingerprint density at radius 1 is 1.28 bits per heavy atom. The Hall–Kier alpha value is -2.09. The van der Waals surface area contributed by atoms with Crippen molar-refractivity contribution in [2.24, 2.45) is 0 Å². The van der Waals surface area contributed by atoms with Crippen LogP contribution in [0, 0.1) is 6.92 Å². The molecule has 1 aromatic carbocycles. The van der Waals surface area contributed by atoms with Crippen LogP contribution in [0.4, 0.5) is 0 Å². The van der Waals surface area contributed by atoms with Gasteiger partial charge < -0.3 is 14.0 Å². The van der Waals surface area contributed by atoms with Gasteiger partial charge in [0.2, 0.25) is 0 Å². The molecule has 25 heavy (non-hydrogen) atoms. The number of ether oxygens (including phenoxy) is 2. The van der Waals surface area contributed by atoms with Gasteiger partial charge in [-0.1, -0.05) is 12.1 Å². The van der Waals surface area contributed by atoms with Crippen molar-refractivity contribution in [1.29, 1.82) is 0 Å². The van der Waals surface area contributed by atoms with E-state index in [1.54, 1.807) is 32.2 Å². The molecule has 0 aliphatic carbocycles. The van der Waals surface area contributed by atoms with Gasteiger partial charge in [-0.2, -0.15) is 4.98 Å². The minimum atomic E-state index is -2.23. The molecule has 7 heteroatoms. The van der Waals surface area contributed by atoms with Crippen LogP contribution in [-0.4, -0.2) is 39.8 Å². The summed E-state index contributed by atoms with van der Waals surface area (Å²) in [7, 11) is 1.62.